The molecule has 18 heavy (non-hydrogen) atoms. The van der Waals surface area contributed by atoms with E-state index in [1.807, 2.05) is 6.55 Å². The Hall–Kier alpha value is -1.89. The minimum Gasteiger partial charge on any atom is -0.249 e. The summed E-state index contributed by atoms with van der Waals surface area (Å²) in [6.45, 7) is 9.05. The van der Waals surface area contributed by atoms with E-state index in [0.717, 1.165) is 13.7 Å². The average Bonchev–Trinajstić information content (AvgIpc) is 2.35. The molecule has 0 unspecified atom stereocenters. The lowest BCUT2D eigenvalue weighted by atomic mass is 10.5. The molecular formula is C11H15N3O3Si. The maximum absolute atomic E-state index is 12.0. The van der Waals surface area contributed by atoms with Gasteiger partial charge in [-0.3, -0.25) is 0 Å². The first-order chi connectivity index (χ1) is 8.58. The molecule has 96 valence electrons. The van der Waals surface area contributed by atoms with E-state index in [0.29, 0.717) is 15.7 Å². The van der Waals surface area contributed by atoms with Crippen molar-refractivity contribution in [3.05, 3.63) is 56.8 Å². The highest BCUT2D eigenvalue weighted by Gasteiger charge is 2.12. The van der Waals surface area contributed by atoms with Crippen LogP contribution in [-0.2, 0) is 19.3 Å². The van der Waals surface area contributed by atoms with E-state index in [4.69, 9.17) is 0 Å². The smallest absolute Gasteiger partial charge is 0.249 e. The Kier molecular flexibility index (Phi) is 4.84. The zero-order valence-electron chi connectivity index (χ0n) is 10.3. The monoisotopic (exact) mass is 265 g/mol. The van der Waals surface area contributed by atoms with Crippen molar-refractivity contribution >= 4 is 9.52 Å². The number of hydrogen-bond donors (Lipinski definition) is 0. The lowest BCUT2D eigenvalue weighted by molar-refractivity contribution is 0.510. The number of allylic oxidation sites excluding steroid dienone is 2. The van der Waals surface area contributed by atoms with Crippen molar-refractivity contribution in [3.8, 4) is 0 Å². The molecule has 0 aliphatic carbocycles. The molecule has 0 bridgehead atoms. The fourth-order valence-corrected chi connectivity index (χ4v) is 2.13. The summed E-state index contributed by atoms with van der Waals surface area (Å²) in [4.78, 5) is 35.9. The number of hydrogen-bond acceptors (Lipinski definition) is 3. The van der Waals surface area contributed by atoms with Crippen molar-refractivity contribution in [3.63, 3.8) is 0 Å². The summed E-state index contributed by atoms with van der Waals surface area (Å²) in [6.07, 6.45) is 3.21. The molecule has 0 aliphatic rings. The standard InChI is InChI=1S/C11H15N3O3Si/c1-4-6-12-9(15)13(7-5-2)11(17)14(8-18-3)10(12)16/h4-5H,1-2,6-8H2,3H3. The van der Waals surface area contributed by atoms with Gasteiger partial charge in [-0.25, -0.2) is 28.1 Å². The molecular weight excluding hydrogens is 250 g/mol. The Bertz CT molecular complexity index is 576. The van der Waals surface area contributed by atoms with E-state index in [9.17, 15) is 14.4 Å². The van der Waals surface area contributed by atoms with Crippen LogP contribution in [-0.4, -0.2) is 23.2 Å². The van der Waals surface area contributed by atoms with E-state index in [1.165, 1.54) is 12.2 Å². The molecule has 2 radical (unpaired) electrons. The SMILES string of the molecule is C=CCn1c(=O)n(CC=C)c(=O)n(C[Si]C)c1=O. The molecule has 6 nitrogen and oxygen atoms in total. The molecule has 0 aromatic carbocycles. The first-order valence-electron chi connectivity index (χ1n) is 5.39. The molecule has 0 saturated carbocycles. The predicted octanol–water partition coefficient (Wildman–Crippen LogP) is -0.746. The Morgan fingerprint density at radius 1 is 0.944 bits per heavy atom. The molecule has 0 spiro atoms. The van der Waals surface area contributed by atoms with Gasteiger partial charge in [0.15, 0.2) is 0 Å². The topological polar surface area (TPSA) is 66.0 Å². The molecule has 1 aromatic rings. The maximum Gasteiger partial charge on any atom is 0.336 e. The largest absolute Gasteiger partial charge is 0.336 e. The first-order valence-corrected chi connectivity index (χ1v) is 7.10. The Labute approximate surface area is 106 Å². The van der Waals surface area contributed by atoms with Crippen LogP contribution < -0.4 is 17.1 Å². The van der Waals surface area contributed by atoms with Crippen molar-refractivity contribution in [2.45, 2.75) is 25.8 Å². The highest BCUT2D eigenvalue weighted by molar-refractivity contribution is 6.31. The van der Waals surface area contributed by atoms with Gasteiger partial charge in [-0.1, -0.05) is 18.7 Å². The second-order valence-electron chi connectivity index (χ2n) is 3.59. The van der Waals surface area contributed by atoms with Crippen LogP contribution in [0.4, 0.5) is 0 Å². The Morgan fingerprint density at radius 2 is 1.33 bits per heavy atom. The van der Waals surface area contributed by atoms with Crippen LogP contribution in [0.1, 0.15) is 0 Å². The number of rotatable bonds is 6. The molecule has 0 amide bonds. The molecule has 7 heteroatoms. The van der Waals surface area contributed by atoms with Crippen molar-refractivity contribution in [1.82, 2.24) is 13.7 Å². The van der Waals surface area contributed by atoms with Crippen LogP contribution in [0.25, 0.3) is 0 Å². The van der Waals surface area contributed by atoms with Gasteiger partial charge in [0.2, 0.25) is 0 Å². The molecule has 0 saturated heterocycles. The van der Waals surface area contributed by atoms with E-state index < -0.39 is 17.1 Å². The van der Waals surface area contributed by atoms with Gasteiger partial charge in [0.05, 0.1) is 22.6 Å². The third-order valence-corrected chi connectivity index (χ3v) is 2.96. The average molecular weight is 265 g/mol. The Morgan fingerprint density at radius 3 is 1.67 bits per heavy atom. The first kappa shape index (κ1) is 14.2. The van der Waals surface area contributed by atoms with Crippen molar-refractivity contribution in [1.29, 1.82) is 0 Å². The highest BCUT2D eigenvalue weighted by Crippen LogP contribution is 1.78. The van der Waals surface area contributed by atoms with E-state index in [1.54, 1.807) is 0 Å². The minimum absolute atomic E-state index is 0.0852. The van der Waals surface area contributed by atoms with E-state index in [-0.39, 0.29) is 13.1 Å². The molecule has 0 fully saturated rings. The van der Waals surface area contributed by atoms with Gasteiger partial charge in [-0.2, -0.15) is 0 Å². The van der Waals surface area contributed by atoms with Gasteiger partial charge in [-0.15, -0.1) is 13.2 Å². The zero-order chi connectivity index (χ0) is 13.7. The zero-order valence-corrected chi connectivity index (χ0v) is 11.3. The van der Waals surface area contributed by atoms with E-state index >= 15 is 0 Å². The van der Waals surface area contributed by atoms with Crippen molar-refractivity contribution < 1.29 is 0 Å². The fraction of sp³-hybridized carbons (Fsp3) is 0.364. The molecule has 1 heterocycles. The van der Waals surface area contributed by atoms with Crippen LogP contribution in [0.5, 0.6) is 0 Å². The fourth-order valence-electron chi connectivity index (χ4n) is 1.55. The second kappa shape index (κ2) is 6.15. The summed E-state index contributed by atoms with van der Waals surface area (Å²) < 4.78 is 3.07. The number of aromatic nitrogens is 3. The van der Waals surface area contributed by atoms with Crippen LogP contribution in [0.3, 0.4) is 0 Å². The van der Waals surface area contributed by atoms with E-state index in [2.05, 4.69) is 13.2 Å². The van der Waals surface area contributed by atoms with Gasteiger partial charge in [0.1, 0.15) is 0 Å². The van der Waals surface area contributed by atoms with Crippen LogP contribution in [0, 0.1) is 0 Å². The summed E-state index contributed by atoms with van der Waals surface area (Å²) in [5, 5.41) is 0. The summed E-state index contributed by atoms with van der Waals surface area (Å²) in [7, 11) is 0.404. The lowest BCUT2D eigenvalue weighted by Crippen LogP contribution is -2.54. The molecule has 0 N–H and O–H groups in total. The third kappa shape index (κ3) is 2.50. The summed E-state index contributed by atoms with van der Waals surface area (Å²) in [5.41, 5.74) is -1.79. The number of nitrogens with zero attached hydrogens (tertiary/aromatic N) is 3. The maximum atomic E-state index is 12.0. The third-order valence-electron chi connectivity index (χ3n) is 2.32. The van der Waals surface area contributed by atoms with Gasteiger partial charge in [0.25, 0.3) is 0 Å². The van der Waals surface area contributed by atoms with Gasteiger partial charge in [-0.05, 0) is 0 Å². The summed E-state index contributed by atoms with van der Waals surface area (Å²) >= 11 is 0. The normalized spacial score (nSPS) is 10.3. The molecule has 0 aliphatic heterocycles. The molecule has 1 rings (SSSR count). The van der Waals surface area contributed by atoms with Crippen LogP contribution in [0.2, 0.25) is 6.55 Å². The van der Waals surface area contributed by atoms with Gasteiger partial charge in [0, 0.05) is 6.17 Å². The molecule has 0 atom stereocenters. The molecule has 1 aromatic heterocycles. The minimum atomic E-state index is -0.625. The van der Waals surface area contributed by atoms with Crippen molar-refractivity contribution in [2.75, 3.05) is 0 Å². The van der Waals surface area contributed by atoms with Crippen LogP contribution >= 0.6 is 0 Å². The summed E-state index contributed by atoms with van der Waals surface area (Å²) in [6, 6.07) is 0. The quantitative estimate of drug-likeness (QED) is 0.502. The Balaban J connectivity index is 3.69. The predicted molar refractivity (Wildman–Crippen MR) is 71.2 cm³/mol. The van der Waals surface area contributed by atoms with Crippen LogP contribution in [0.15, 0.2) is 39.7 Å². The van der Waals surface area contributed by atoms with Gasteiger partial charge < -0.3 is 0 Å². The van der Waals surface area contributed by atoms with Crippen molar-refractivity contribution in [2.24, 2.45) is 0 Å². The van der Waals surface area contributed by atoms with Gasteiger partial charge >= 0.3 is 17.1 Å². The summed E-state index contributed by atoms with van der Waals surface area (Å²) in [5.74, 6) is 0. The highest BCUT2D eigenvalue weighted by atomic mass is 28.2. The lowest BCUT2D eigenvalue weighted by Gasteiger charge is -2.10. The second-order valence-corrected chi connectivity index (χ2v) is 4.61.